The molecule has 2 rings (SSSR count). The van der Waals surface area contributed by atoms with Gasteiger partial charge in [0.05, 0.1) is 0 Å². The highest BCUT2D eigenvalue weighted by Gasteiger charge is 2.02. The third-order valence-electron chi connectivity index (χ3n) is 2.69. The first-order valence-electron chi connectivity index (χ1n) is 5.99. The van der Waals surface area contributed by atoms with E-state index in [1.165, 1.54) is 0 Å². The molecule has 4 nitrogen and oxygen atoms in total. The van der Waals surface area contributed by atoms with Crippen molar-refractivity contribution < 1.29 is 5.11 Å². The lowest BCUT2D eigenvalue weighted by atomic mass is 10.1. The normalized spacial score (nSPS) is 10.6. The predicted molar refractivity (Wildman–Crippen MR) is 71.6 cm³/mol. The van der Waals surface area contributed by atoms with Crippen LogP contribution in [0.3, 0.4) is 0 Å². The fraction of sp³-hybridized carbons (Fsp3) is 0.286. The quantitative estimate of drug-likeness (QED) is 0.866. The second-order valence-corrected chi connectivity index (χ2v) is 4.50. The molecule has 94 valence electrons. The Bertz CT molecular complexity index is 509. The molecular weight excluding hydrogens is 226 g/mol. The number of nitrogens with one attached hydrogen (secondary N) is 1. The summed E-state index contributed by atoms with van der Waals surface area (Å²) in [5.74, 6) is 1.49. The minimum Gasteiger partial charge on any atom is -0.508 e. The highest BCUT2D eigenvalue weighted by Crippen LogP contribution is 2.15. The minimum atomic E-state index is 0.280. The average Bonchev–Trinajstić information content (AvgIpc) is 2.38. The molecule has 0 fully saturated rings. The van der Waals surface area contributed by atoms with Gasteiger partial charge in [-0.05, 0) is 23.6 Å². The van der Waals surface area contributed by atoms with Crippen LogP contribution in [0, 0.1) is 0 Å². The summed E-state index contributed by atoms with van der Waals surface area (Å²) < 4.78 is 0. The average molecular weight is 243 g/mol. The second-order valence-electron chi connectivity index (χ2n) is 4.50. The van der Waals surface area contributed by atoms with Gasteiger partial charge in [-0.15, -0.1) is 0 Å². The number of aromatic hydroxyl groups is 1. The zero-order valence-corrected chi connectivity index (χ0v) is 10.6. The van der Waals surface area contributed by atoms with Crippen LogP contribution < -0.4 is 5.32 Å². The maximum Gasteiger partial charge on any atom is 0.129 e. The fourth-order valence-corrected chi connectivity index (χ4v) is 1.59. The van der Waals surface area contributed by atoms with E-state index in [2.05, 4.69) is 29.1 Å². The van der Waals surface area contributed by atoms with E-state index < -0.39 is 0 Å². The Labute approximate surface area is 107 Å². The van der Waals surface area contributed by atoms with Crippen molar-refractivity contribution in [2.75, 3.05) is 5.32 Å². The van der Waals surface area contributed by atoms with E-state index in [1.807, 2.05) is 18.2 Å². The Morgan fingerprint density at radius 2 is 1.89 bits per heavy atom. The number of hydrogen-bond acceptors (Lipinski definition) is 4. The maximum atomic E-state index is 9.20. The van der Waals surface area contributed by atoms with Crippen LogP contribution in [0.1, 0.15) is 31.0 Å². The number of phenols is 1. The van der Waals surface area contributed by atoms with Crippen LogP contribution in [0.2, 0.25) is 0 Å². The van der Waals surface area contributed by atoms with Crippen molar-refractivity contribution in [2.24, 2.45) is 0 Å². The van der Waals surface area contributed by atoms with Crippen molar-refractivity contribution in [1.29, 1.82) is 0 Å². The van der Waals surface area contributed by atoms with Crippen molar-refractivity contribution >= 4 is 5.82 Å². The number of hydrogen-bond donors (Lipinski definition) is 2. The van der Waals surface area contributed by atoms with Crippen LogP contribution in [-0.4, -0.2) is 15.1 Å². The van der Waals surface area contributed by atoms with E-state index in [4.69, 9.17) is 0 Å². The lowest BCUT2D eigenvalue weighted by Crippen LogP contribution is -2.03. The summed E-state index contributed by atoms with van der Waals surface area (Å²) in [4.78, 5) is 8.40. The van der Waals surface area contributed by atoms with Gasteiger partial charge < -0.3 is 10.4 Å². The molecule has 0 atom stereocenters. The molecule has 1 aromatic carbocycles. The van der Waals surface area contributed by atoms with Gasteiger partial charge in [0, 0.05) is 18.3 Å². The summed E-state index contributed by atoms with van der Waals surface area (Å²) in [6.45, 7) is 4.88. The Hall–Kier alpha value is -2.10. The number of aromatic nitrogens is 2. The lowest BCUT2D eigenvalue weighted by Gasteiger charge is -2.08. The summed E-state index contributed by atoms with van der Waals surface area (Å²) in [7, 11) is 0. The molecule has 4 heteroatoms. The molecular formula is C14H17N3O. The molecule has 0 aliphatic carbocycles. The molecule has 2 aromatic rings. The smallest absolute Gasteiger partial charge is 0.129 e. The number of anilines is 1. The topological polar surface area (TPSA) is 58.0 Å². The van der Waals surface area contributed by atoms with E-state index in [9.17, 15) is 5.11 Å². The lowest BCUT2D eigenvalue weighted by molar-refractivity contribution is 0.475. The van der Waals surface area contributed by atoms with E-state index in [-0.39, 0.29) is 5.75 Å². The zero-order valence-electron chi connectivity index (χ0n) is 10.6. The highest BCUT2D eigenvalue weighted by atomic mass is 16.3. The van der Waals surface area contributed by atoms with Crippen LogP contribution in [0.5, 0.6) is 5.75 Å². The zero-order chi connectivity index (χ0) is 13.0. The van der Waals surface area contributed by atoms with E-state index in [1.54, 1.807) is 18.5 Å². The molecule has 0 aliphatic heterocycles. The van der Waals surface area contributed by atoms with Crippen molar-refractivity contribution in [3.63, 3.8) is 0 Å². The Kier molecular flexibility index (Phi) is 3.77. The Morgan fingerprint density at radius 1 is 1.17 bits per heavy atom. The molecule has 0 aliphatic rings. The van der Waals surface area contributed by atoms with Crippen LogP contribution in [0.4, 0.5) is 5.82 Å². The van der Waals surface area contributed by atoms with Crippen molar-refractivity contribution in [3.8, 4) is 5.75 Å². The van der Waals surface area contributed by atoms with Gasteiger partial charge >= 0.3 is 0 Å². The molecule has 0 unspecified atom stereocenters. The SMILES string of the molecule is CC(C)c1cc(NCc2ccc(O)cc2)ncn1. The maximum absolute atomic E-state index is 9.20. The third kappa shape index (κ3) is 3.20. The molecule has 0 bridgehead atoms. The van der Waals surface area contributed by atoms with Gasteiger partial charge in [-0.2, -0.15) is 0 Å². The number of benzene rings is 1. The van der Waals surface area contributed by atoms with Gasteiger partial charge in [-0.25, -0.2) is 9.97 Å². The molecule has 0 spiro atoms. The standard InChI is InChI=1S/C14H17N3O/c1-10(2)13-7-14(17-9-16-13)15-8-11-3-5-12(18)6-4-11/h3-7,9-10,18H,8H2,1-2H3,(H,15,16,17). The fourth-order valence-electron chi connectivity index (χ4n) is 1.59. The summed E-state index contributed by atoms with van der Waals surface area (Å²) >= 11 is 0. The molecule has 0 amide bonds. The summed E-state index contributed by atoms with van der Waals surface area (Å²) in [5, 5.41) is 12.4. The minimum absolute atomic E-state index is 0.280. The van der Waals surface area contributed by atoms with E-state index in [0.29, 0.717) is 12.5 Å². The molecule has 2 N–H and O–H groups in total. The first-order valence-corrected chi connectivity index (χ1v) is 5.99. The number of rotatable bonds is 4. The first-order chi connectivity index (χ1) is 8.65. The Morgan fingerprint density at radius 3 is 2.56 bits per heavy atom. The molecule has 0 saturated heterocycles. The van der Waals surface area contributed by atoms with Crippen LogP contribution in [0.25, 0.3) is 0 Å². The van der Waals surface area contributed by atoms with E-state index >= 15 is 0 Å². The molecule has 18 heavy (non-hydrogen) atoms. The number of nitrogens with zero attached hydrogens (tertiary/aromatic N) is 2. The van der Waals surface area contributed by atoms with Crippen LogP contribution in [0.15, 0.2) is 36.7 Å². The molecule has 0 radical (unpaired) electrons. The Balaban J connectivity index is 2.01. The van der Waals surface area contributed by atoms with Gasteiger partial charge in [0.1, 0.15) is 17.9 Å². The molecule has 0 saturated carbocycles. The van der Waals surface area contributed by atoms with Gasteiger partial charge in [0.25, 0.3) is 0 Å². The first kappa shape index (κ1) is 12.4. The van der Waals surface area contributed by atoms with Crippen LogP contribution in [-0.2, 0) is 6.54 Å². The third-order valence-corrected chi connectivity index (χ3v) is 2.69. The van der Waals surface area contributed by atoms with Gasteiger partial charge in [-0.1, -0.05) is 26.0 Å². The van der Waals surface area contributed by atoms with Crippen molar-refractivity contribution in [1.82, 2.24) is 9.97 Å². The van der Waals surface area contributed by atoms with Crippen molar-refractivity contribution in [3.05, 3.63) is 47.9 Å². The van der Waals surface area contributed by atoms with Gasteiger partial charge in [0.15, 0.2) is 0 Å². The summed E-state index contributed by atoms with van der Waals surface area (Å²) in [6.07, 6.45) is 1.58. The van der Waals surface area contributed by atoms with Crippen molar-refractivity contribution in [2.45, 2.75) is 26.3 Å². The summed E-state index contributed by atoms with van der Waals surface area (Å²) in [5.41, 5.74) is 2.12. The molecule has 1 heterocycles. The second kappa shape index (κ2) is 5.49. The van der Waals surface area contributed by atoms with Crippen LogP contribution >= 0.6 is 0 Å². The monoisotopic (exact) mass is 243 g/mol. The largest absolute Gasteiger partial charge is 0.508 e. The summed E-state index contributed by atoms with van der Waals surface area (Å²) in [6, 6.07) is 9.08. The van der Waals surface area contributed by atoms with Gasteiger partial charge in [0.2, 0.25) is 0 Å². The number of phenolic OH excluding ortho intramolecular Hbond substituents is 1. The van der Waals surface area contributed by atoms with E-state index in [0.717, 1.165) is 17.1 Å². The highest BCUT2D eigenvalue weighted by molar-refractivity contribution is 5.37. The molecule has 1 aromatic heterocycles. The van der Waals surface area contributed by atoms with Gasteiger partial charge in [-0.3, -0.25) is 0 Å². The predicted octanol–water partition coefficient (Wildman–Crippen LogP) is 2.92.